The number of H-pyrrole nitrogens is 1. The van der Waals surface area contributed by atoms with E-state index in [0.717, 1.165) is 44.4 Å². The number of primary amides is 2. The summed E-state index contributed by atoms with van der Waals surface area (Å²) in [6.07, 6.45) is -0.444. The first-order valence-electron chi connectivity index (χ1n) is 16.4. The summed E-state index contributed by atoms with van der Waals surface area (Å²) in [6, 6.07) is 21.3. The Bertz CT molecular complexity index is 1910. The van der Waals surface area contributed by atoms with Crippen molar-refractivity contribution in [3.63, 3.8) is 0 Å². The number of alkyl carbamates (subject to hydrolysis) is 1. The van der Waals surface area contributed by atoms with Gasteiger partial charge in [0.05, 0.1) is 6.42 Å². The maximum absolute atomic E-state index is 14.4. The van der Waals surface area contributed by atoms with Gasteiger partial charge in [-0.25, -0.2) is 4.79 Å². The van der Waals surface area contributed by atoms with Crippen molar-refractivity contribution in [1.29, 1.82) is 0 Å². The molecule has 5 amide bonds. The predicted molar refractivity (Wildman–Crippen MR) is 183 cm³/mol. The molecule has 6 rings (SSSR count). The molecule has 8 N–H and O–H groups in total. The maximum Gasteiger partial charge on any atom is 0.408 e. The van der Waals surface area contributed by atoms with Crippen LogP contribution in [0.15, 0.2) is 72.8 Å². The van der Waals surface area contributed by atoms with Crippen LogP contribution < -0.4 is 27.4 Å². The van der Waals surface area contributed by atoms with Crippen LogP contribution in [0, 0.1) is 5.92 Å². The molecule has 3 aromatic carbocycles. The van der Waals surface area contributed by atoms with Crippen molar-refractivity contribution < 1.29 is 28.7 Å². The second kappa shape index (κ2) is 13.5. The van der Waals surface area contributed by atoms with Crippen LogP contribution in [-0.2, 0) is 36.8 Å². The van der Waals surface area contributed by atoms with E-state index < -0.39 is 59.7 Å². The van der Waals surface area contributed by atoms with Crippen molar-refractivity contribution in [2.24, 2.45) is 17.4 Å². The number of hydrogen-bond donors (Lipinski definition) is 6. The van der Waals surface area contributed by atoms with Crippen LogP contribution >= 0.6 is 0 Å². The Balaban J connectivity index is 1.26. The fraction of sp³-hybridized carbons (Fsp3) is 0.324. The van der Waals surface area contributed by atoms with Gasteiger partial charge in [0.2, 0.25) is 23.6 Å². The zero-order chi connectivity index (χ0) is 34.9. The van der Waals surface area contributed by atoms with Crippen LogP contribution in [0.1, 0.15) is 55.0 Å². The molecule has 0 saturated carbocycles. The second-order valence-corrected chi connectivity index (χ2v) is 13.2. The van der Waals surface area contributed by atoms with Crippen molar-refractivity contribution in [3.05, 3.63) is 95.2 Å². The number of rotatable bonds is 11. The highest BCUT2D eigenvalue weighted by Gasteiger charge is 2.46. The first-order valence-corrected chi connectivity index (χ1v) is 16.4. The number of fused-ring (bicyclic) bond motifs is 6. The van der Waals surface area contributed by atoms with E-state index in [9.17, 15) is 24.0 Å². The van der Waals surface area contributed by atoms with Crippen LogP contribution in [0.2, 0.25) is 0 Å². The van der Waals surface area contributed by atoms with E-state index in [1.165, 1.54) is 0 Å². The van der Waals surface area contributed by atoms with Gasteiger partial charge in [-0.05, 0) is 52.6 Å². The van der Waals surface area contributed by atoms with Gasteiger partial charge in [-0.15, -0.1) is 0 Å². The van der Waals surface area contributed by atoms with E-state index in [1.807, 2.05) is 60.7 Å². The van der Waals surface area contributed by atoms with Gasteiger partial charge >= 0.3 is 6.09 Å². The number of nitrogens with one attached hydrogen (secondary N) is 4. The minimum absolute atomic E-state index is 0.0568. The summed E-state index contributed by atoms with van der Waals surface area (Å²) in [5, 5.41) is 9.11. The summed E-state index contributed by atoms with van der Waals surface area (Å²) in [4.78, 5) is 68.4. The smallest absolute Gasteiger partial charge is 0.408 e. The van der Waals surface area contributed by atoms with Crippen molar-refractivity contribution in [3.8, 4) is 11.1 Å². The van der Waals surface area contributed by atoms with Crippen molar-refractivity contribution in [1.82, 2.24) is 20.9 Å². The van der Waals surface area contributed by atoms with Crippen LogP contribution in [-0.4, -0.2) is 58.9 Å². The number of amides is 5. The number of aromatic amines is 1. The Morgan fingerprint density at radius 2 is 1.53 bits per heavy atom. The third kappa shape index (κ3) is 6.58. The molecule has 4 aromatic rings. The van der Waals surface area contributed by atoms with Crippen molar-refractivity contribution in [2.75, 3.05) is 6.61 Å². The van der Waals surface area contributed by atoms with Crippen LogP contribution in [0.5, 0.6) is 0 Å². The maximum atomic E-state index is 14.4. The lowest BCUT2D eigenvalue weighted by molar-refractivity contribution is -0.135. The van der Waals surface area contributed by atoms with Gasteiger partial charge in [0.1, 0.15) is 24.2 Å². The van der Waals surface area contributed by atoms with E-state index in [2.05, 4.69) is 33.1 Å². The lowest BCUT2D eigenvalue weighted by Crippen LogP contribution is -2.65. The number of aromatic nitrogens is 1. The van der Waals surface area contributed by atoms with Gasteiger partial charge < -0.3 is 37.1 Å². The molecule has 3 atom stereocenters. The number of nitrogens with two attached hydrogens (primary N) is 2. The van der Waals surface area contributed by atoms with Gasteiger partial charge in [0, 0.05) is 28.9 Å². The molecular formula is C37H40N6O6. The average molecular weight is 665 g/mol. The molecule has 2 aliphatic carbocycles. The van der Waals surface area contributed by atoms with Crippen molar-refractivity contribution in [2.45, 2.75) is 63.1 Å². The quantitative estimate of drug-likeness (QED) is 0.142. The molecule has 0 radical (unpaired) electrons. The summed E-state index contributed by atoms with van der Waals surface area (Å²) in [5.74, 6) is -3.68. The molecule has 1 heterocycles. The first-order chi connectivity index (χ1) is 23.5. The zero-order valence-electron chi connectivity index (χ0n) is 27.4. The standard InChI is InChI=1S/C37H40N6O6/c1-20(2)32(34(46)41-30(33(39)45)17-31(38)44)42-35(47)37(16-15-29-26(18-37)25-13-7-8-14-28(25)40-29)43-36(48)49-19-27-23-11-5-3-9-21(23)22-10-4-6-12-24(22)27/h3-14,20,27,30,32,40H,15-19H2,1-2H3,(H2,38,44)(H2,39,45)(H,41,46)(H,42,47)(H,43,48)/t30-,32-,37-/m0/s1. The van der Waals surface area contributed by atoms with E-state index in [-0.39, 0.29) is 25.4 Å². The normalized spacial score (nSPS) is 17.7. The van der Waals surface area contributed by atoms with Crippen LogP contribution in [0.3, 0.4) is 0 Å². The van der Waals surface area contributed by atoms with Crippen LogP contribution in [0.25, 0.3) is 22.0 Å². The number of benzene rings is 3. The third-order valence-electron chi connectivity index (χ3n) is 9.60. The molecule has 0 fully saturated rings. The van der Waals surface area contributed by atoms with Gasteiger partial charge in [0.25, 0.3) is 0 Å². The lowest BCUT2D eigenvalue weighted by Gasteiger charge is -2.38. The Labute approximate surface area is 283 Å². The highest BCUT2D eigenvalue weighted by Crippen LogP contribution is 2.44. The van der Waals surface area contributed by atoms with E-state index in [1.54, 1.807) is 13.8 Å². The molecule has 0 spiro atoms. The summed E-state index contributed by atoms with van der Waals surface area (Å²) < 4.78 is 5.88. The summed E-state index contributed by atoms with van der Waals surface area (Å²) in [6.45, 7) is 3.51. The van der Waals surface area contributed by atoms with Crippen molar-refractivity contribution >= 4 is 40.6 Å². The molecule has 1 aromatic heterocycles. The Morgan fingerprint density at radius 1 is 0.898 bits per heavy atom. The molecule has 254 valence electrons. The zero-order valence-corrected chi connectivity index (χ0v) is 27.4. The molecular weight excluding hydrogens is 624 g/mol. The number of aryl methyl sites for hydroxylation is 1. The molecule has 0 unspecified atom stereocenters. The highest BCUT2D eigenvalue weighted by molar-refractivity contribution is 5.98. The number of ether oxygens (including phenoxy) is 1. The number of carbonyl (C=O) groups excluding carboxylic acids is 5. The van der Waals surface area contributed by atoms with E-state index >= 15 is 0 Å². The molecule has 0 saturated heterocycles. The first kappa shape index (κ1) is 33.3. The average Bonchev–Trinajstić information content (AvgIpc) is 3.60. The second-order valence-electron chi connectivity index (χ2n) is 13.2. The molecule has 12 heteroatoms. The fourth-order valence-corrected chi connectivity index (χ4v) is 7.09. The Hall–Kier alpha value is -5.65. The summed E-state index contributed by atoms with van der Waals surface area (Å²) in [5.41, 5.74) is 16.2. The summed E-state index contributed by atoms with van der Waals surface area (Å²) in [7, 11) is 0. The summed E-state index contributed by atoms with van der Waals surface area (Å²) >= 11 is 0. The SMILES string of the molecule is CC(C)[C@H](NC(=O)[C@]1(NC(=O)OCC2c3ccccc3-c3ccccc32)CCc2[nH]c3ccccc3c2C1)C(=O)N[C@@H](CC(N)=O)C(N)=O. The topological polar surface area (TPSA) is 198 Å². The Morgan fingerprint density at radius 3 is 2.16 bits per heavy atom. The monoisotopic (exact) mass is 664 g/mol. The largest absolute Gasteiger partial charge is 0.449 e. The molecule has 12 nitrogen and oxygen atoms in total. The number of hydrogen-bond acceptors (Lipinski definition) is 6. The highest BCUT2D eigenvalue weighted by atomic mass is 16.5. The molecule has 49 heavy (non-hydrogen) atoms. The number of carbonyl (C=O) groups is 5. The fourth-order valence-electron chi connectivity index (χ4n) is 7.09. The number of para-hydroxylation sites is 1. The van der Waals surface area contributed by atoms with Gasteiger partial charge in [0.15, 0.2) is 0 Å². The minimum Gasteiger partial charge on any atom is -0.449 e. The van der Waals surface area contributed by atoms with E-state index in [0.29, 0.717) is 6.42 Å². The van der Waals surface area contributed by atoms with E-state index in [4.69, 9.17) is 16.2 Å². The molecule has 2 aliphatic rings. The third-order valence-corrected chi connectivity index (χ3v) is 9.60. The minimum atomic E-state index is -1.48. The van der Waals surface area contributed by atoms with Gasteiger partial charge in [-0.1, -0.05) is 80.6 Å². The lowest BCUT2D eigenvalue weighted by atomic mass is 9.78. The molecule has 0 aliphatic heterocycles. The Kier molecular flexibility index (Phi) is 9.14. The van der Waals surface area contributed by atoms with Gasteiger partial charge in [-0.3, -0.25) is 19.2 Å². The van der Waals surface area contributed by atoms with Crippen LogP contribution in [0.4, 0.5) is 4.79 Å². The molecule has 0 bridgehead atoms. The predicted octanol–water partition coefficient (Wildman–Crippen LogP) is 2.92. The van der Waals surface area contributed by atoms with Gasteiger partial charge in [-0.2, -0.15) is 0 Å².